The molecule has 1 aromatic rings. The van der Waals surface area contributed by atoms with Gasteiger partial charge in [0.15, 0.2) is 0 Å². The fraction of sp³-hybridized carbons (Fsp3) is 0.571. The number of nitrogens with zero attached hydrogens (tertiary/aromatic N) is 2. The predicted molar refractivity (Wildman–Crippen MR) is 74.7 cm³/mol. The van der Waals surface area contributed by atoms with Crippen molar-refractivity contribution < 1.29 is 4.79 Å². The van der Waals surface area contributed by atoms with Crippen LogP contribution in [0, 0.1) is 0 Å². The minimum atomic E-state index is -0.00955. The van der Waals surface area contributed by atoms with Gasteiger partial charge in [0.05, 0.1) is 0 Å². The summed E-state index contributed by atoms with van der Waals surface area (Å²) in [5, 5.41) is 2.90. The quantitative estimate of drug-likeness (QED) is 0.890. The van der Waals surface area contributed by atoms with Crippen molar-refractivity contribution in [3.63, 3.8) is 0 Å². The highest BCUT2D eigenvalue weighted by Crippen LogP contribution is 2.22. The van der Waals surface area contributed by atoms with Crippen LogP contribution in [-0.2, 0) is 10.2 Å². The van der Waals surface area contributed by atoms with Crippen LogP contribution in [0.5, 0.6) is 0 Å². The lowest BCUT2D eigenvalue weighted by Gasteiger charge is -2.18. The van der Waals surface area contributed by atoms with E-state index in [2.05, 4.69) is 31.1 Å². The minimum Gasteiger partial charge on any atom is -0.326 e. The molecule has 0 atom stereocenters. The Morgan fingerprint density at radius 3 is 2.61 bits per heavy atom. The zero-order valence-electron chi connectivity index (χ0n) is 11.9. The van der Waals surface area contributed by atoms with Crippen molar-refractivity contribution in [1.29, 1.82) is 0 Å². The first kappa shape index (κ1) is 14.6. The summed E-state index contributed by atoms with van der Waals surface area (Å²) in [6.45, 7) is 7.07. The molecule has 18 heavy (non-hydrogen) atoms. The summed E-state index contributed by atoms with van der Waals surface area (Å²) in [7, 11) is 3.91. The molecule has 100 valence electrons. The van der Waals surface area contributed by atoms with Crippen LogP contribution in [-0.4, -0.2) is 36.4 Å². The SMILES string of the molecule is CN(C)CCC(=O)Nc1ccnc(C(C)(C)C)c1. The molecule has 1 N–H and O–H groups in total. The molecule has 0 aliphatic carbocycles. The molecular weight excluding hydrogens is 226 g/mol. The van der Waals surface area contributed by atoms with E-state index in [1.165, 1.54) is 0 Å². The Labute approximate surface area is 109 Å². The zero-order valence-corrected chi connectivity index (χ0v) is 11.9. The first-order chi connectivity index (χ1) is 8.29. The van der Waals surface area contributed by atoms with Gasteiger partial charge in [0.2, 0.25) is 5.91 Å². The van der Waals surface area contributed by atoms with E-state index in [0.29, 0.717) is 6.42 Å². The van der Waals surface area contributed by atoms with Crippen molar-refractivity contribution >= 4 is 11.6 Å². The van der Waals surface area contributed by atoms with Crippen molar-refractivity contribution in [3.8, 4) is 0 Å². The molecule has 4 nitrogen and oxygen atoms in total. The molecule has 1 amide bonds. The van der Waals surface area contributed by atoms with E-state index >= 15 is 0 Å². The van der Waals surface area contributed by atoms with Crippen LogP contribution in [0.1, 0.15) is 32.9 Å². The van der Waals surface area contributed by atoms with E-state index in [4.69, 9.17) is 0 Å². The number of carbonyl (C=O) groups is 1. The molecule has 0 radical (unpaired) electrons. The molecule has 0 fully saturated rings. The van der Waals surface area contributed by atoms with Gasteiger partial charge >= 0.3 is 0 Å². The van der Waals surface area contributed by atoms with Crippen LogP contribution < -0.4 is 5.32 Å². The third kappa shape index (κ3) is 4.84. The molecule has 1 aromatic heterocycles. The van der Waals surface area contributed by atoms with E-state index in [-0.39, 0.29) is 11.3 Å². The normalized spacial score (nSPS) is 11.7. The summed E-state index contributed by atoms with van der Waals surface area (Å²) < 4.78 is 0. The van der Waals surface area contributed by atoms with Crippen LogP contribution >= 0.6 is 0 Å². The average Bonchev–Trinajstić information content (AvgIpc) is 2.25. The van der Waals surface area contributed by atoms with Gasteiger partial charge in [-0.3, -0.25) is 9.78 Å². The number of aromatic nitrogens is 1. The number of nitrogens with one attached hydrogen (secondary N) is 1. The van der Waals surface area contributed by atoms with Gasteiger partial charge in [0.1, 0.15) is 0 Å². The first-order valence-corrected chi connectivity index (χ1v) is 6.20. The van der Waals surface area contributed by atoms with Crippen molar-refractivity contribution in [3.05, 3.63) is 24.0 Å². The summed E-state index contributed by atoms with van der Waals surface area (Å²) in [6.07, 6.45) is 2.24. The van der Waals surface area contributed by atoms with Crippen molar-refractivity contribution in [2.45, 2.75) is 32.6 Å². The van der Waals surface area contributed by atoms with Gasteiger partial charge < -0.3 is 10.2 Å². The maximum absolute atomic E-state index is 11.7. The summed E-state index contributed by atoms with van der Waals surface area (Å²) in [6, 6.07) is 3.76. The summed E-state index contributed by atoms with van der Waals surface area (Å²) >= 11 is 0. The van der Waals surface area contributed by atoms with Crippen LogP contribution in [0.2, 0.25) is 0 Å². The van der Waals surface area contributed by atoms with Gasteiger partial charge in [-0.2, -0.15) is 0 Å². The monoisotopic (exact) mass is 249 g/mol. The Morgan fingerprint density at radius 1 is 1.39 bits per heavy atom. The van der Waals surface area contributed by atoms with E-state index in [1.807, 2.05) is 31.1 Å². The molecular formula is C14H23N3O. The van der Waals surface area contributed by atoms with E-state index in [0.717, 1.165) is 17.9 Å². The van der Waals surface area contributed by atoms with E-state index in [1.54, 1.807) is 6.20 Å². The number of pyridine rings is 1. The summed E-state index contributed by atoms with van der Waals surface area (Å²) in [5.41, 5.74) is 1.79. The number of hydrogen-bond donors (Lipinski definition) is 1. The highest BCUT2D eigenvalue weighted by Gasteiger charge is 2.15. The van der Waals surface area contributed by atoms with Crippen LogP contribution in [0.4, 0.5) is 5.69 Å². The molecule has 1 heterocycles. The number of rotatable bonds is 4. The van der Waals surface area contributed by atoms with Crippen LogP contribution in [0.15, 0.2) is 18.3 Å². The Hall–Kier alpha value is -1.42. The van der Waals surface area contributed by atoms with Gasteiger partial charge in [-0.25, -0.2) is 0 Å². The molecule has 0 spiro atoms. The zero-order chi connectivity index (χ0) is 13.8. The Bertz CT molecular complexity index is 408. The van der Waals surface area contributed by atoms with Gasteiger partial charge in [-0.05, 0) is 26.2 Å². The van der Waals surface area contributed by atoms with Crippen LogP contribution in [0.25, 0.3) is 0 Å². The molecule has 0 bridgehead atoms. The second kappa shape index (κ2) is 5.96. The summed E-state index contributed by atoms with van der Waals surface area (Å²) in [5.74, 6) is 0.0368. The third-order valence-electron chi connectivity index (χ3n) is 2.60. The van der Waals surface area contributed by atoms with Crippen LogP contribution in [0.3, 0.4) is 0 Å². The van der Waals surface area contributed by atoms with Crippen molar-refractivity contribution in [2.75, 3.05) is 26.0 Å². The van der Waals surface area contributed by atoms with Crippen molar-refractivity contribution in [2.24, 2.45) is 0 Å². The number of carbonyl (C=O) groups excluding carboxylic acids is 1. The largest absolute Gasteiger partial charge is 0.326 e. The van der Waals surface area contributed by atoms with Gasteiger partial charge in [-0.1, -0.05) is 20.8 Å². The lowest BCUT2D eigenvalue weighted by Crippen LogP contribution is -2.21. The molecule has 0 aliphatic rings. The average molecular weight is 249 g/mol. The maximum atomic E-state index is 11.7. The Kier molecular flexibility index (Phi) is 4.84. The number of amides is 1. The standard InChI is InChI=1S/C14H23N3O/c1-14(2,3)12-10-11(6-8-15-12)16-13(18)7-9-17(4)5/h6,8,10H,7,9H2,1-5H3,(H,15,16,18). The molecule has 4 heteroatoms. The highest BCUT2D eigenvalue weighted by molar-refractivity contribution is 5.90. The minimum absolute atomic E-state index is 0.00955. The lowest BCUT2D eigenvalue weighted by atomic mass is 9.91. The topological polar surface area (TPSA) is 45.2 Å². The number of hydrogen-bond acceptors (Lipinski definition) is 3. The van der Waals surface area contributed by atoms with Gasteiger partial charge in [-0.15, -0.1) is 0 Å². The first-order valence-electron chi connectivity index (χ1n) is 6.20. The molecule has 0 unspecified atom stereocenters. The third-order valence-corrected chi connectivity index (χ3v) is 2.60. The molecule has 0 aromatic carbocycles. The van der Waals surface area contributed by atoms with Gasteiger partial charge in [0.25, 0.3) is 0 Å². The smallest absolute Gasteiger partial charge is 0.225 e. The lowest BCUT2D eigenvalue weighted by molar-refractivity contribution is -0.116. The Morgan fingerprint density at radius 2 is 2.06 bits per heavy atom. The van der Waals surface area contributed by atoms with E-state index < -0.39 is 0 Å². The molecule has 0 saturated heterocycles. The molecule has 0 saturated carbocycles. The Balaban J connectivity index is 2.65. The maximum Gasteiger partial charge on any atom is 0.225 e. The fourth-order valence-corrected chi connectivity index (χ4v) is 1.47. The highest BCUT2D eigenvalue weighted by atomic mass is 16.1. The fourth-order valence-electron chi connectivity index (χ4n) is 1.47. The van der Waals surface area contributed by atoms with Crippen molar-refractivity contribution in [1.82, 2.24) is 9.88 Å². The second-order valence-corrected chi connectivity index (χ2v) is 5.78. The van der Waals surface area contributed by atoms with Gasteiger partial charge in [0, 0.05) is 36.0 Å². The predicted octanol–water partition coefficient (Wildman–Crippen LogP) is 2.27. The molecule has 0 aliphatic heterocycles. The summed E-state index contributed by atoms with van der Waals surface area (Å²) in [4.78, 5) is 18.0. The number of anilines is 1. The second-order valence-electron chi connectivity index (χ2n) is 5.78. The molecule has 1 rings (SSSR count). The van der Waals surface area contributed by atoms with E-state index in [9.17, 15) is 4.79 Å².